The van der Waals surface area contributed by atoms with Crippen LogP contribution in [0, 0.1) is 6.92 Å². The molecule has 130 valence electrons. The number of benzene rings is 2. The zero-order chi connectivity index (χ0) is 18.1. The average Bonchev–Trinajstić information content (AvgIpc) is 3.02. The maximum Gasteiger partial charge on any atom is 0.260 e. The first kappa shape index (κ1) is 16.8. The van der Waals surface area contributed by atoms with E-state index >= 15 is 0 Å². The highest BCUT2D eigenvalue weighted by molar-refractivity contribution is 7.99. The van der Waals surface area contributed by atoms with E-state index in [9.17, 15) is 9.59 Å². The molecule has 1 amide bonds. The Hall–Kier alpha value is -2.64. The molecule has 0 spiro atoms. The number of carbonyl (C=O) groups is 1. The summed E-state index contributed by atoms with van der Waals surface area (Å²) in [4.78, 5) is 32.4. The van der Waals surface area contributed by atoms with Crippen LogP contribution in [0.15, 0.2) is 57.8 Å². The van der Waals surface area contributed by atoms with Gasteiger partial charge in [-0.3, -0.25) is 9.59 Å². The molecule has 0 saturated heterocycles. The van der Waals surface area contributed by atoms with Crippen LogP contribution in [0.2, 0.25) is 0 Å². The Morgan fingerprint density at radius 3 is 2.92 bits per heavy atom. The summed E-state index contributed by atoms with van der Waals surface area (Å²) in [5.41, 5.74) is 1.54. The minimum Gasteiger partial charge on any atom is -0.325 e. The largest absolute Gasteiger partial charge is 0.325 e. The van der Waals surface area contributed by atoms with Gasteiger partial charge in [0.05, 0.1) is 11.1 Å². The highest BCUT2D eigenvalue weighted by atomic mass is 32.2. The van der Waals surface area contributed by atoms with Crippen molar-refractivity contribution < 1.29 is 4.79 Å². The average molecular weight is 381 g/mol. The molecule has 0 aliphatic rings. The Balaban J connectivity index is 1.50. The summed E-state index contributed by atoms with van der Waals surface area (Å²) in [5.74, 6) is 0.0265. The number of nitrogens with one attached hydrogen (secondary N) is 2. The number of nitrogens with zero attached hydrogens (tertiary/aromatic N) is 1. The van der Waals surface area contributed by atoms with Crippen LogP contribution in [-0.4, -0.2) is 21.6 Å². The molecule has 2 aromatic carbocycles. The third-order valence-corrected chi connectivity index (χ3v) is 5.87. The Kier molecular flexibility index (Phi) is 4.48. The number of carbonyl (C=O) groups excluding carboxylic acids is 1. The fraction of sp³-hybridized carbons (Fsp3) is 0.105. The van der Waals surface area contributed by atoms with Crippen molar-refractivity contribution in [1.82, 2.24) is 9.97 Å². The normalized spacial score (nSPS) is 11.1. The van der Waals surface area contributed by atoms with Crippen molar-refractivity contribution in [2.45, 2.75) is 12.1 Å². The van der Waals surface area contributed by atoms with Crippen LogP contribution >= 0.6 is 23.1 Å². The van der Waals surface area contributed by atoms with Gasteiger partial charge in [0.25, 0.3) is 5.56 Å². The van der Waals surface area contributed by atoms with E-state index in [-0.39, 0.29) is 17.2 Å². The van der Waals surface area contributed by atoms with Crippen molar-refractivity contribution in [3.63, 3.8) is 0 Å². The van der Waals surface area contributed by atoms with Crippen LogP contribution in [0.1, 0.15) is 5.56 Å². The molecule has 7 heteroatoms. The summed E-state index contributed by atoms with van der Waals surface area (Å²) in [7, 11) is 0. The highest BCUT2D eigenvalue weighted by Crippen LogP contribution is 2.24. The summed E-state index contributed by atoms with van der Waals surface area (Å²) in [6.07, 6.45) is 0. The molecule has 5 nitrogen and oxygen atoms in total. The van der Waals surface area contributed by atoms with E-state index in [2.05, 4.69) is 15.3 Å². The minimum atomic E-state index is -0.161. The molecule has 0 saturated carbocycles. The van der Waals surface area contributed by atoms with Gasteiger partial charge in [0.1, 0.15) is 4.83 Å². The predicted octanol–water partition coefficient (Wildman–Crippen LogP) is 4.18. The first-order valence-corrected chi connectivity index (χ1v) is 9.87. The lowest BCUT2D eigenvalue weighted by molar-refractivity contribution is -0.113. The number of rotatable bonds is 4. The predicted molar refractivity (Wildman–Crippen MR) is 108 cm³/mol. The Labute approximate surface area is 157 Å². The number of thioether (sulfide) groups is 1. The van der Waals surface area contributed by atoms with Gasteiger partial charge in [-0.2, -0.15) is 0 Å². The van der Waals surface area contributed by atoms with Crippen molar-refractivity contribution in [2.75, 3.05) is 11.1 Å². The standard InChI is InChI=1S/C19H15N3O2S2/c1-11-9-25-18-16(11)17(24)21-19(22-18)26-10-15(23)20-14-8-4-6-12-5-2-3-7-13(12)14/h2-9H,10H2,1H3,(H,20,23)(H,21,22,24). The van der Waals surface area contributed by atoms with E-state index in [0.717, 1.165) is 22.0 Å². The molecule has 26 heavy (non-hydrogen) atoms. The lowest BCUT2D eigenvalue weighted by Crippen LogP contribution is -2.15. The summed E-state index contributed by atoms with van der Waals surface area (Å²) >= 11 is 2.65. The van der Waals surface area contributed by atoms with Crippen molar-refractivity contribution in [1.29, 1.82) is 0 Å². The van der Waals surface area contributed by atoms with Gasteiger partial charge in [0.15, 0.2) is 5.16 Å². The molecule has 0 atom stereocenters. The van der Waals surface area contributed by atoms with E-state index < -0.39 is 0 Å². The number of fused-ring (bicyclic) bond motifs is 2. The Morgan fingerprint density at radius 1 is 1.23 bits per heavy atom. The third kappa shape index (κ3) is 3.23. The Morgan fingerprint density at radius 2 is 2.04 bits per heavy atom. The van der Waals surface area contributed by atoms with Crippen LogP contribution in [0.4, 0.5) is 5.69 Å². The molecule has 2 aromatic heterocycles. The van der Waals surface area contributed by atoms with Crippen molar-refractivity contribution >= 4 is 55.7 Å². The first-order valence-electron chi connectivity index (χ1n) is 8.00. The van der Waals surface area contributed by atoms with Crippen LogP contribution in [-0.2, 0) is 4.79 Å². The SMILES string of the molecule is Cc1csc2nc(SCC(=O)Nc3cccc4ccccc34)[nH]c(=O)c12. The van der Waals surface area contributed by atoms with Gasteiger partial charge in [-0.05, 0) is 29.3 Å². The van der Waals surface area contributed by atoms with Crippen molar-refractivity contribution in [3.05, 3.63) is 63.8 Å². The summed E-state index contributed by atoms with van der Waals surface area (Å²) < 4.78 is 0. The van der Waals surface area contributed by atoms with Gasteiger partial charge >= 0.3 is 0 Å². The number of hydrogen-bond acceptors (Lipinski definition) is 5. The number of aromatic nitrogens is 2. The van der Waals surface area contributed by atoms with Gasteiger partial charge in [-0.25, -0.2) is 4.98 Å². The third-order valence-electron chi connectivity index (χ3n) is 4.01. The molecular weight excluding hydrogens is 366 g/mol. The highest BCUT2D eigenvalue weighted by Gasteiger charge is 2.11. The maximum absolute atomic E-state index is 12.3. The molecule has 0 radical (unpaired) electrons. The smallest absolute Gasteiger partial charge is 0.260 e. The molecule has 4 rings (SSSR count). The lowest BCUT2D eigenvalue weighted by atomic mass is 10.1. The summed E-state index contributed by atoms with van der Waals surface area (Å²) in [6, 6.07) is 13.7. The molecule has 2 heterocycles. The fourth-order valence-corrected chi connectivity index (χ4v) is 4.43. The minimum absolute atomic E-state index is 0.142. The number of aromatic amines is 1. The molecule has 0 bridgehead atoms. The summed E-state index contributed by atoms with van der Waals surface area (Å²) in [5, 5.41) is 7.99. The summed E-state index contributed by atoms with van der Waals surface area (Å²) in [6.45, 7) is 1.89. The van der Waals surface area contributed by atoms with E-state index in [1.807, 2.05) is 54.8 Å². The molecular formula is C19H15N3O2S2. The molecule has 4 aromatic rings. The monoisotopic (exact) mass is 381 g/mol. The van der Waals surface area contributed by atoms with Crippen molar-refractivity contribution in [3.8, 4) is 0 Å². The number of hydrogen-bond donors (Lipinski definition) is 2. The zero-order valence-electron chi connectivity index (χ0n) is 13.9. The number of aryl methyl sites for hydroxylation is 1. The molecule has 0 aliphatic heterocycles. The van der Waals surface area contributed by atoms with Gasteiger partial charge in [0, 0.05) is 11.1 Å². The van der Waals surface area contributed by atoms with E-state index in [0.29, 0.717) is 15.4 Å². The van der Waals surface area contributed by atoms with Gasteiger partial charge in [-0.15, -0.1) is 11.3 Å². The first-order chi connectivity index (χ1) is 12.6. The molecule has 0 unspecified atom stereocenters. The van der Waals surface area contributed by atoms with Gasteiger partial charge < -0.3 is 10.3 Å². The second-order valence-electron chi connectivity index (χ2n) is 5.83. The van der Waals surface area contributed by atoms with Crippen LogP contribution < -0.4 is 10.9 Å². The van der Waals surface area contributed by atoms with E-state index in [4.69, 9.17) is 0 Å². The van der Waals surface area contributed by atoms with E-state index in [1.54, 1.807) is 0 Å². The topological polar surface area (TPSA) is 74.8 Å². The van der Waals surface area contributed by atoms with Crippen LogP contribution in [0.25, 0.3) is 21.0 Å². The number of amides is 1. The molecule has 2 N–H and O–H groups in total. The number of anilines is 1. The second-order valence-corrected chi connectivity index (χ2v) is 7.66. The number of H-pyrrole nitrogens is 1. The zero-order valence-corrected chi connectivity index (χ0v) is 15.5. The maximum atomic E-state index is 12.3. The Bertz CT molecular complexity index is 1180. The quantitative estimate of drug-likeness (QED) is 0.411. The van der Waals surface area contributed by atoms with Gasteiger partial charge in [0.2, 0.25) is 5.91 Å². The second kappa shape index (κ2) is 6.93. The van der Waals surface area contributed by atoms with Crippen LogP contribution in [0.5, 0.6) is 0 Å². The molecule has 0 aliphatic carbocycles. The van der Waals surface area contributed by atoms with Gasteiger partial charge in [-0.1, -0.05) is 48.2 Å². The number of thiophene rings is 1. The molecule has 0 fully saturated rings. The van der Waals surface area contributed by atoms with Crippen molar-refractivity contribution in [2.24, 2.45) is 0 Å². The lowest BCUT2D eigenvalue weighted by Gasteiger charge is -2.08. The van der Waals surface area contributed by atoms with Crippen LogP contribution in [0.3, 0.4) is 0 Å². The van der Waals surface area contributed by atoms with E-state index in [1.165, 1.54) is 23.1 Å². The fourth-order valence-electron chi connectivity index (χ4n) is 2.79.